The lowest BCUT2D eigenvalue weighted by atomic mass is 10.3. The summed E-state index contributed by atoms with van der Waals surface area (Å²) < 4.78 is 34.3. The summed E-state index contributed by atoms with van der Waals surface area (Å²) in [6.07, 6.45) is 0. The summed E-state index contributed by atoms with van der Waals surface area (Å²) in [4.78, 5) is 0. The van der Waals surface area contributed by atoms with E-state index in [1.54, 1.807) is 6.07 Å². The largest absolute Gasteiger partial charge is 0.289 e. The minimum absolute atomic E-state index is 0.0243. The maximum atomic E-state index is 12.9. The van der Waals surface area contributed by atoms with Crippen LogP contribution in [0.2, 0.25) is 0 Å². The van der Waals surface area contributed by atoms with Crippen molar-refractivity contribution in [2.45, 2.75) is 0 Å². The van der Waals surface area contributed by atoms with Crippen LogP contribution in [0.5, 0.6) is 0 Å². The van der Waals surface area contributed by atoms with E-state index in [0.717, 1.165) is 3.57 Å². The number of anilines is 1. The van der Waals surface area contributed by atoms with Gasteiger partial charge in [0.25, 0.3) is 11.3 Å². The lowest BCUT2D eigenvalue weighted by Gasteiger charge is -2.02. The van der Waals surface area contributed by atoms with Gasteiger partial charge in [0.2, 0.25) is 0 Å². The summed E-state index contributed by atoms with van der Waals surface area (Å²) in [5.41, 5.74) is 0.0243. The van der Waals surface area contributed by atoms with Crippen molar-refractivity contribution in [3.63, 3.8) is 0 Å². The minimum Gasteiger partial charge on any atom is -0.289 e. The highest BCUT2D eigenvalue weighted by Gasteiger charge is 2.03. The predicted molar refractivity (Wildman–Crippen MR) is 53.5 cm³/mol. The second-order valence-corrected chi connectivity index (χ2v) is 3.92. The Bertz CT molecular complexity index is 320. The molecule has 0 spiro atoms. The Labute approximate surface area is 84.9 Å². The topological polar surface area (TPSA) is 49.3 Å². The molecule has 0 aliphatic rings. The first-order valence-corrected chi connectivity index (χ1v) is 5.10. The molecule has 1 aromatic rings. The van der Waals surface area contributed by atoms with Gasteiger partial charge in [-0.2, -0.15) is 0 Å². The Morgan fingerprint density at radius 3 is 2.75 bits per heavy atom. The molecule has 6 heteroatoms. The van der Waals surface area contributed by atoms with Gasteiger partial charge in [-0.25, -0.2) is 8.60 Å². The third-order valence-electron chi connectivity index (χ3n) is 1.13. The zero-order chi connectivity index (χ0) is 9.14. The van der Waals surface area contributed by atoms with Gasteiger partial charge in [0.15, 0.2) is 0 Å². The zero-order valence-corrected chi connectivity index (χ0v) is 8.73. The van der Waals surface area contributed by atoms with Gasteiger partial charge in [-0.15, -0.1) is 0 Å². The summed E-state index contributed by atoms with van der Waals surface area (Å²) in [6.45, 7) is 0. The molecule has 2 N–H and O–H groups in total. The molecule has 0 heterocycles. The number of hydrogen-bond donors (Lipinski definition) is 2. The molecular weight excluding hydrogens is 296 g/mol. The Hall–Kier alpha value is -0.210. The van der Waals surface area contributed by atoms with Crippen molar-refractivity contribution >= 4 is 39.5 Å². The molecule has 66 valence electrons. The van der Waals surface area contributed by atoms with Crippen molar-refractivity contribution < 1.29 is 13.2 Å². The van der Waals surface area contributed by atoms with Gasteiger partial charge in [0.05, 0.1) is 5.69 Å². The van der Waals surface area contributed by atoms with Crippen LogP contribution >= 0.6 is 22.6 Å². The smallest absolute Gasteiger partial charge is 0.259 e. The molecule has 0 saturated carbocycles. The number of halogens is 2. The van der Waals surface area contributed by atoms with E-state index in [0.29, 0.717) is 0 Å². The van der Waals surface area contributed by atoms with Gasteiger partial charge >= 0.3 is 0 Å². The molecule has 1 unspecified atom stereocenters. The average Bonchev–Trinajstić information content (AvgIpc) is 1.94. The molecule has 0 radical (unpaired) electrons. The van der Waals surface area contributed by atoms with E-state index in [4.69, 9.17) is 4.55 Å². The second kappa shape index (κ2) is 4.15. The van der Waals surface area contributed by atoms with Gasteiger partial charge in [0, 0.05) is 3.57 Å². The molecule has 0 aliphatic carbocycles. The number of nitrogens with one attached hydrogen (secondary N) is 1. The Morgan fingerprint density at radius 1 is 1.58 bits per heavy atom. The van der Waals surface area contributed by atoms with Crippen LogP contribution in [0.15, 0.2) is 18.2 Å². The van der Waals surface area contributed by atoms with Crippen LogP contribution in [-0.4, -0.2) is 8.76 Å². The highest BCUT2D eigenvalue weighted by Crippen LogP contribution is 2.16. The normalized spacial score (nSPS) is 12.6. The first kappa shape index (κ1) is 9.87. The van der Waals surface area contributed by atoms with Crippen LogP contribution in [0.4, 0.5) is 10.1 Å². The predicted octanol–water partition coefficient (Wildman–Crippen LogP) is 1.98. The molecule has 1 atom stereocenters. The van der Waals surface area contributed by atoms with Gasteiger partial charge in [-0.05, 0) is 40.8 Å². The molecular formula is C6H5FINO2S. The van der Waals surface area contributed by atoms with Gasteiger partial charge in [-0.3, -0.25) is 9.27 Å². The molecule has 0 aromatic heterocycles. The van der Waals surface area contributed by atoms with Crippen LogP contribution < -0.4 is 4.72 Å². The summed E-state index contributed by atoms with van der Waals surface area (Å²) in [7, 11) is 0. The maximum Gasteiger partial charge on any atom is 0.259 e. The number of hydrogen-bond acceptors (Lipinski definition) is 1. The third-order valence-corrected chi connectivity index (χ3v) is 2.19. The Morgan fingerprint density at radius 2 is 2.25 bits per heavy atom. The van der Waals surface area contributed by atoms with Crippen LogP contribution in [0.1, 0.15) is 0 Å². The van der Waals surface area contributed by atoms with E-state index in [2.05, 4.69) is 0 Å². The second-order valence-electron chi connectivity index (χ2n) is 1.98. The van der Waals surface area contributed by atoms with Crippen molar-refractivity contribution in [3.8, 4) is 0 Å². The monoisotopic (exact) mass is 301 g/mol. The average molecular weight is 301 g/mol. The molecule has 0 fully saturated rings. The first-order chi connectivity index (χ1) is 5.59. The van der Waals surface area contributed by atoms with Crippen molar-refractivity contribution in [2.24, 2.45) is 0 Å². The molecule has 0 bridgehead atoms. The molecule has 1 aromatic carbocycles. The maximum absolute atomic E-state index is 12.9. The van der Waals surface area contributed by atoms with Crippen LogP contribution in [0, 0.1) is 9.39 Å². The highest BCUT2D eigenvalue weighted by molar-refractivity contribution is 14.1. The van der Waals surface area contributed by atoms with E-state index in [-0.39, 0.29) is 5.69 Å². The lowest BCUT2D eigenvalue weighted by molar-refractivity contribution is 0.568. The molecule has 0 amide bonds. The van der Waals surface area contributed by atoms with Crippen molar-refractivity contribution in [1.82, 2.24) is 0 Å². The summed E-state index contributed by atoms with van der Waals surface area (Å²) in [6, 6.07) is 4.32. The fourth-order valence-electron chi connectivity index (χ4n) is 0.666. The Balaban J connectivity index is 2.93. The van der Waals surface area contributed by atoms with Crippen LogP contribution in [0.25, 0.3) is 0 Å². The van der Waals surface area contributed by atoms with Crippen molar-refractivity contribution in [2.75, 3.05) is 4.72 Å². The molecule has 0 saturated heterocycles. The lowest BCUT2D eigenvalue weighted by Crippen LogP contribution is -2.03. The van der Waals surface area contributed by atoms with E-state index >= 15 is 0 Å². The summed E-state index contributed by atoms with van der Waals surface area (Å²) >= 11 is -0.276. The van der Waals surface area contributed by atoms with E-state index in [1.807, 2.05) is 27.3 Å². The first-order valence-electron chi connectivity index (χ1n) is 2.92. The Kier molecular flexibility index (Phi) is 3.41. The molecule has 12 heavy (non-hydrogen) atoms. The minimum atomic E-state index is -2.23. The molecule has 3 nitrogen and oxygen atoms in total. The van der Waals surface area contributed by atoms with Crippen molar-refractivity contribution in [1.29, 1.82) is 0 Å². The number of benzene rings is 1. The van der Waals surface area contributed by atoms with Crippen molar-refractivity contribution in [3.05, 3.63) is 27.6 Å². The SMILES string of the molecule is O=S(O)Nc1ccc(I)cc1F. The van der Waals surface area contributed by atoms with E-state index in [9.17, 15) is 8.60 Å². The molecule has 1 rings (SSSR count). The van der Waals surface area contributed by atoms with Gasteiger partial charge < -0.3 is 0 Å². The zero-order valence-electron chi connectivity index (χ0n) is 5.75. The van der Waals surface area contributed by atoms with Crippen LogP contribution in [-0.2, 0) is 11.3 Å². The fraction of sp³-hybridized carbons (Fsp3) is 0. The molecule has 0 aliphatic heterocycles. The summed E-state index contributed by atoms with van der Waals surface area (Å²) in [5, 5.41) is 0. The third kappa shape index (κ3) is 2.68. The standard InChI is InChI=1S/C6H5FINO2S/c7-5-3-4(8)1-2-6(5)9-12(10)11/h1-3,9H,(H,10,11). The quantitative estimate of drug-likeness (QED) is 0.648. The van der Waals surface area contributed by atoms with Gasteiger partial charge in [-0.1, -0.05) is 0 Å². The van der Waals surface area contributed by atoms with E-state index < -0.39 is 17.1 Å². The van der Waals surface area contributed by atoms with Crippen LogP contribution in [0.3, 0.4) is 0 Å². The fourth-order valence-corrected chi connectivity index (χ4v) is 1.47. The summed E-state index contributed by atoms with van der Waals surface area (Å²) in [5.74, 6) is -0.538. The number of rotatable bonds is 2. The van der Waals surface area contributed by atoms with Gasteiger partial charge in [0.1, 0.15) is 5.82 Å². The van der Waals surface area contributed by atoms with E-state index in [1.165, 1.54) is 12.1 Å². The highest BCUT2D eigenvalue weighted by atomic mass is 127.